The van der Waals surface area contributed by atoms with Gasteiger partial charge in [0.15, 0.2) is 6.39 Å². The molecule has 0 atom stereocenters. The fourth-order valence-corrected chi connectivity index (χ4v) is 2.78. The summed E-state index contributed by atoms with van der Waals surface area (Å²) >= 11 is 0. The first-order valence-corrected chi connectivity index (χ1v) is 8.20. The smallest absolute Gasteiger partial charge is 0.252 e. The van der Waals surface area contributed by atoms with Gasteiger partial charge in [0.25, 0.3) is 5.91 Å². The number of nitrogens with one attached hydrogen (secondary N) is 1. The summed E-state index contributed by atoms with van der Waals surface area (Å²) < 4.78 is 5.17. The normalized spacial score (nSPS) is 10.8. The van der Waals surface area contributed by atoms with Gasteiger partial charge in [-0.2, -0.15) is 0 Å². The summed E-state index contributed by atoms with van der Waals surface area (Å²) in [7, 11) is 0. The van der Waals surface area contributed by atoms with Crippen LogP contribution in [0.1, 0.15) is 21.8 Å². The van der Waals surface area contributed by atoms with E-state index in [0.29, 0.717) is 29.3 Å². The van der Waals surface area contributed by atoms with Crippen molar-refractivity contribution in [2.75, 3.05) is 0 Å². The van der Waals surface area contributed by atoms with Crippen LogP contribution in [0.3, 0.4) is 0 Å². The molecule has 0 aliphatic rings. The molecule has 6 heteroatoms. The first kappa shape index (κ1) is 16.0. The Labute approximate surface area is 149 Å². The Kier molecular flexibility index (Phi) is 4.15. The average molecular weight is 344 g/mol. The van der Waals surface area contributed by atoms with Crippen LogP contribution < -0.4 is 5.32 Å². The SMILES string of the molecule is Cc1ocnc1CNC(=O)c1cc(-c2cccnc2)nc2ccccc12. The monoisotopic (exact) mass is 344 g/mol. The van der Waals surface area contributed by atoms with Crippen molar-refractivity contribution < 1.29 is 9.21 Å². The molecular weight excluding hydrogens is 328 g/mol. The number of aryl methyl sites for hydroxylation is 1. The number of amides is 1. The molecule has 4 aromatic rings. The molecule has 0 unspecified atom stereocenters. The van der Waals surface area contributed by atoms with Crippen molar-refractivity contribution in [1.82, 2.24) is 20.3 Å². The van der Waals surface area contributed by atoms with E-state index in [1.54, 1.807) is 18.5 Å². The van der Waals surface area contributed by atoms with Gasteiger partial charge in [0.2, 0.25) is 0 Å². The maximum Gasteiger partial charge on any atom is 0.252 e. The van der Waals surface area contributed by atoms with Crippen LogP contribution in [0.5, 0.6) is 0 Å². The van der Waals surface area contributed by atoms with Gasteiger partial charge in [-0.05, 0) is 31.2 Å². The zero-order valence-electron chi connectivity index (χ0n) is 14.1. The van der Waals surface area contributed by atoms with Crippen LogP contribution in [0.2, 0.25) is 0 Å². The lowest BCUT2D eigenvalue weighted by Crippen LogP contribution is -2.23. The third-order valence-corrected chi connectivity index (χ3v) is 4.18. The molecule has 128 valence electrons. The maximum absolute atomic E-state index is 12.8. The Balaban J connectivity index is 1.73. The maximum atomic E-state index is 12.8. The molecule has 0 spiro atoms. The van der Waals surface area contributed by atoms with Crippen molar-refractivity contribution in [1.29, 1.82) is 0 Å². The van der Waals surface area contributed by atoms with E-state index in [1.807, 2.05) is 43.3 Å². The lowest BCUT2D eigenvalue weighted by atomic mass is 10.0. The number of nitrogens with zero attached hydrogens (tertiary/aromatic N) is 3. The van der Waals surface area contributed by atoms with E-state index in [0.717, 1.165) is 16.5 Å². The molecule has 26 heavy (non-hydrogen) atoms. The van der Waals surface area contributed by atoms with E-state index < -0.39 is 0 Å². The zero-order valence-corrected chi connectivity index (χ0v) is 14.1. The van der Waals surface area contributed by atoms with Gasteiger partial charge in [-0.1, -0.05) is 18.2 Å². The van der Waals surface area contributed by atoms with E-state index in [9.17, 15) is 4.79 Å². The molecule has 1 N–H and O–H groups in total. The van der Waals surface area contributed by atoms with Crippen LogP contribution in [-0.4, -0.2) is 20.9 Å². The topological polar surface area (TPSA) is 80.9 Å². The van der Waals surface area contributed by atoms with E-state index in [4.69, 9.17) is 4.42 Å². The van der Waals surface area contributed by atoms with Gasteiger partial charge in [-0.25, -0.2) is 9.97 Å². The van der Waals surface area contributed by atoms with Gasteiger partial charge in [0, 0.05) is 23.3 Å². The molecule has 0 fully saturated rings. The van der Waals surface area contributed by atoms with Gasteiger partial charge in [-0.15, -0.1) is 0 Å². The first-order chi connectivity index (χ1) is 12.7. The summed E-state index contributed by atoms with van der Waals surface area (Å²) in [6, 6.07) is 13.2. The van der Waals surface area contributed by atoms with E-state index in [1.165, 1.54) is 6.39 Å². The number of rotatable bonds is 4. The van der Waals surface area contributed by atoms with Gasteiger partial charge in [0.05, 0.1) is 23.3 Å². The standard InChI is InChI=1S/C20H16N4O2/c1-13-19(23-12-26-13)11-22-20(25)16-9-18(14-5-4-8-21-10-14)24-17-7-3-2-6-15(16)17/h2-10,12H,11H2,1H3,(H,22,25). The summed E-state index contributed by atoms with van der Waals surface area (Å²) in [5.41, 5.74) is 3.61. The fourth-order valence-electron chi connectivity index (χ4n) is 2.78. The highest BCUT2D eigenvalue weighted by Crippen LogP contribution is 2.24. The fraction of sp³-hybridized carbons (Fsp3) is 0.100. The summed E-state index contributed by atoms with van der Waals surface area (Å²) in [5, 5.41) is 3.71. The number of para-hydroxylation sites is 1. The number of aromatic nitrogens is 3. The molecule has 0 bridgehead atoms. The van der Waals surface area contributed by atoms with Crippen molar-refractivity contribution in [3.8, 4) is 11.3 Å². The number of carbonyl (C=O) groups is 1. The Morgan fingerprint density at radius 2 is 2.08 bits per heavy atom. The Morgan fingerprint density at radius 1 is 1.19 bits per heavy atom. The predicted octanol–water partition coefficient (Wildman–Crippen LogP) is 3.52. The molecule has 0 saturated heterocycles. The third kappa shape index (κ3) is 3.04. The number of fused-ring (bicyclic) bond motifs is 1. The van der Waals surface area contributed by atoms with E-state index >= 15 is 0 Å². The molecule has 0 aliphatic heterocycles. The number of benzene rings is 1. The minimum atomic E-state index is -0.184. The van der Waals surface area contributed by atoms with Crippen molar-refractivity contribution >= 4 is 16.8 Å². The summed E-state index contributed by atoms with van der Waals surface area (Å²) in [4.78, 5) is 25.7. The number of carbonyl (C=O) groups excluding carboxylic acids is 1. The van der Waals surface area contributed by atoms with E-state index in [-0.39, 0.29) is 5.91 Å². The van der Waals surface area contributed by atoms with Crippen molar-refractivity contribution in [2.24, 2.45) is 0 Å². The predicted molar refractivity (Wildman–Crippen MR) is 97.4 cm³/mol. The van der Waals surface area contributed by atoms with E-state index in [2.05, 4.69) is 20.3 Å². The van der Waals surface area contributed by atoms with Crippen LogP contribution in [0.25, 0.3) is 22.2 Å². The number of oxazole rings is 1. The molecule has 6 nitrogen and oxygen atoms in total. The average Bonchev–Trinajstić information content (AvgIpc) is 3.10. The number of pyridine rings is 2. The molecule has 4 rings (SSSR count). The van der Waals surface area contributed by atoms with Crippen molar-refractivity contribution in [2.45, 2.75) is 13.5 Å². The molecule has 1 aromatic carbocycles. The summed E-state index contributed by atoms with van der Waals surface area (Å²) in [6.07, 6.45) is 4.81. The molecule has 0 radical (unpaired) electrons. The second-order valence-corrected chi connectivity index (χ2v) is 5.85. The van der Waals surface area contributed by atoms with Crippen LogP contribution in [0.15, 0.2) is 65.7 Å². The zero-order chi connectivity index (χ0) is 17.9. The molecular formula is C20H16N4O2. The highest BCUT2D eigenvalue weighted by Gasteiger charge is 2.15. The minimum Gasteiger partial charge on any atom is -0.448 e. The molecule has 3 aromatic heterocycles. The van der Waals surface area contributed by atoms with Gasteiger partial charge in [0.1, 0.15) is 11.5 Å². The van der Waals surface area contributed by atoms with Crippen LogP contribution >= 0.6 is 0 Å². The largest absolute Gasteiger partial charge is 0.448 e. The van der Waals surface area contributed by atoms with Gasteiger partial charge < -0.3 is 9.73 Å². The Morgan fingerprint density at radius 3 is 2.85 bits per heavy atom. The van der Waals surface area contributed by atoms with Crippen molar-refractivity contribution in [3.63, 3.8) is 0 Å². The molecule has 0 aliphatic carbocycles. The first-order valence-electron chi connectivity index (χ1n) is 8.20. The molecule has 0 saturated carbocycles. The van der Waals surface area contributed by atoms with Crippen LogP contribution in [0, 0.1) is 6.92 Å². The number of hydrogen-bond donors (Lipinski definition) is 1. The van der Waals surface area contributed by atoms with Crippen LogP contribution in [-0.2, 0) is 6.54 Å². The third-order valence-electron chi connectivity index (χ3n) is 4.18. The molecule has 3 heterocycles. The molecule has 1 amide bonds. The highest BCUT2D eigenvalue weighted by atomic mass is 16.3. The van der Waals surface area contributed by atoms with Crippen LogP contribution in [0.4, 0.5) is 0 Å². The Hall–Kier alpha value is -3.54. The quantitative estimate of drug-likeness (QED) is 0.612. The second kappa shape index (κ2) is 6.76. The lowest BCUT2D eigenvalue weighted by Gasteiger charge is -2.10. The minimum absolute atomic E-state index is 0.184. The highest BCUT2D eigenvalue weighted by molar-refractivity contribution is 6.07. The summed E-state index contributed by atoms with van der Waals surface area (Å²) in [5.74, 6) is 0.511. The van der Waals surface area contributed by atoms with Gasteiger partial charge >= 0.3 is 0 Å². The van der Waals surface area contributed by atoms with Gasteiger partial charge in [-0.3, -0.25) is 9.78 Å². The Bertz CT molecular complexity index is 1070. The second-order valence-electron chi connectivity index (χ2n) is 5.85. The van der Waals surface area contributed by atoms with Crippen molar-refractivity contribution in [3.05, 3.63) is 78.3 Å². The number of hydrogen-bond acceptors (Lipinski definition) is 5. The summed E-state index contributed by atoms with van der Waals surface area (Å²) in [6.45, 7) is 2.12. The lowest BCUT2D eigenvalue weighted by molar-refractivity contribution is 0.0952.